The summed E-state index contributed by atoms with van der Waals surface area (Å²) in [6.45, 7) is 1.23. The number of piperazine rings is 1. The summed E-state index contributed by atoms with van der Waals surface area (Å²) in [6.07, 6.45) is -3.57. The van der Waals surface area contributed by atoms with Crippen molar-refractivity contribution >= 4 is 33.6 Å². The summed E-state index contributed by atoms with van der Waals surface area (Å²) in [6, 6.07) is 13.5. The lowest BCUT2D eigenvalue weighted by molar-refractivity contribution is -0.173. The van der Waals surface area contributed by atoms with Gasteiger partial charge in [0.2, 0.25) is 0 Å². The second-order valence-corrected chi connectivity index (χ2v) is 9.76. The first-order valence-corrected chi connectivity index (χ1v) is 12.3. The molecule has 7 nitrogen and oxygen atoms in total. The number of hydrogen-bond donors (Lipinski definition) is 1. The van der Waals surface area contributed by atoms with Crippen LogP contribution in [0.25, 0.3) is 0 Å². The number of halogens is 4. The van der Waals surface area contributed by atoms with E-state index in [9.17, 15) is 22.8 Å². The topological polar surface area (TPSA) is 70.5 Å². The summed E-state index contributed by atoms with van der Waals surface area (Å²) in [5, 5.41) is 7.09. The lowest BCUT2D eigenvalue weighted by atomic mass is 9.96. The molecule has 3 heterocycles. The van der Waals surface area contributed by atoms with Crippen molar-refractivity contribution in [1.29, 1.82) is 0 Å². The van der Waals surface area contributed by atoms with Gasteiger partial charge < -0.3 is 15.1 Å². The molecule has 3 aromatic rings. The minimum atomic E-state index is -4.53. The number of amides is 2. The Labute approximate surface area is 214 Å². The van der Waals surface area contributed by atoms with Crippen LogP contribution in [-0.2, 0) is 0 Å². The molecule has 0 bridgehead atoms. The van der Waals surface area contributed by atoms with Gasteiger partial charge in [0.25, 0.3) is 11.8 Å². The number of fused-ring (bicyclic) bond motifs is 1. The average Bonchev–Trinajstić information content (AvgIpc) is 3.31. The van der Waals surface area contributed by atoms with E-state index in [1.54, 1.807) is 58.3 Å². The molecule has 2 atom stereocenters. The Bertz CT molecular complexity index is 1250. The Morgan fingerprint density at radius 2 is 1.53 bits per heavy atom. The molecular weight excluding hydrogens is 539 g/mol. The Morgan fingerprint density at radius 1 is 0.917 bits per heavy atom. The first-order valence-electron chi connectivity index (χ1n) is 11.5. The number of rotatable bonds is 3. The van der Waals surface area contributed by atoms with Gasteiger partial charge in [-0.15, -0.1) is 0 Å². The molecule has 0 spiro atoms. The quantitative estimate of drug-likeness (QED) is 0.493. The Balaban J connectivity index is 1.35. The first kappa shape index (κ1) is 24.4. The smallest absolute Gasteiger partial charge is 0.363 e. The second-order valence-electron chi connectivity index (χ2n) is 8.84. The van der Waals surface area contributed by atoms with Gasteiger partial charge in [0.15, 0.2) is 6.04 Å². The molecule has 2 aliphatic rings. The molecule has 0 aliphatic carbocycles. The Kier molecular flexibility index (Phi) is 6.50. The van der Waals surface area contributed by atoms with Gasteiger partial charge in [-0.25, -0.2) is 4.68 Å². The maximum absolute atomic E-state index is 14.0. The highest BCUT2D eigenvalue weighted by Crippen LogP contribution is 2.44. The zero-order chi connectivity index (χ0) is 25.4. The standard InChI is InChI=1S/C25H23BrF3N5O2/c26-18-8-6-16(7-9-18)20-14-21(25(27,28)29)34-22(31-20)19(15-30-34)24(36)33-12-10-32(11-13-33)23(35)17-4-2-1-3-5-17/h1-9,15,20-21,31H,10-14H2/t20-,21-/m0/s1. The van der Waals surface area contributed by atoms with Crippen LogP contribution < -0.4 is 5.32 Å². The molecule has 11 heteroatoms. The molecule has 2 aliphatic heterocycles. The number of benzene rings is 2. The molecule has 1 fully saturated rings. The number of anilines is 1. The van der Waals surface area contributed by atoms with E-state index < -0.39 is 24.2 Å². The van der Waals surface area contributed by atoms with Crippen molar-refractivity contribution in [1.82, 2.24) is 19.6 Å². The molecule has 0 unspecified atom stereocenters. The summed E-state index contributed by atoms with van der Waals surface area (Å²) in [5.74, 6) is -0.463. The highest BCUT2D eigenvalue weighted by atomic mass is 79.9. The number of alkyl halides is 3. The summed E-state index contributed by atoms with van der Waals surface area (Å²) in [5.41, 5.74) is 1.35. The van der Waals surface area contributed by atoms with Crippen molar-refractivity contribution in [3.8, 4) is 0 Å². The van der Waals surface area contributed by atoms with E-state index in [0.29, 0.717) is 24.2 Å². The molecule has 2 aromatic carbocycles. The van der Waals surface area contributed by atoms with E-state index in [-0.39, 0.29) is 36.8 Å². The zero-order valence-corrected chi connectivity index (χ0v) is 20.7. The number of carbonyl (C=O) groups is 2. The maximum atomic E-state index is 14.0. The molecule has 0 radical (unpaired) electrons. The third-order valence-electron chi connectivity index (χ3n) is 6.62. The third kappa shape index (κ3) is 4.71. The summed E-state index contributed by atoms with van der Waals surface area (Å²) in [4.78, 5) is 29.3. The van der Waals surface area contributed by atoms with Gasteiger partial charge >= 0.3 is 6.18 Å². The first-order chi connectivity index (χ1) is 17.2. The van der Waals surface area contributed by atoms with Gasteiger partial charge in [0.1, 0.15) is 11.4 Å². The van der Waals surface area contributed by atoms with Gasteiger partial charge in [0.05, 0.1) is 12.2 Å². The molecular formula is C25H23BrF3N5O2. The second kappa shape index (κ2) is 9.61. The molecule has 36 heavy (non-hydrogen) atoms. The molecule has 1 N–H and O–H groups in total. The van der Waals surface area contributed by atoms with Crippen LogP contribution in [0.15, 0.2) is 65.3 Å². The predicted molar refractivity (Wildman–Crippen MR) is 131 cm³/mol. The van der Waals surface area contributed by atoms with Crippen molar-refractivity contribution in [2.24, 2.45) is 0 Å². The molecule has 0 saturated carbocycles. The number of aromatic nitrogens is 2. The maximum Gasteiger partial charge on any atom is 0.410 e. The van der Waals surface area contributed by atoms with Crippen molar-refractivity contribution in [3.05, 3.63) is 82.0 Å². The van der Waals surface area contributed by atoms with Gasteiger partial charge in [-0.3, -0.25) is 9.59 Å². The monoisotopic (exact) mass is 561 g/mol. The van der Waals surface area contributed by atoms with Crippen molar-refractivity contribution < 1.29 is 22.8 Å². The molecule has 1 aromatic heterocycles. The minimum absolute atomic E-state index is 0.0595. The van der Waals surface area contributed by atoms with E-state index >= 15 is 0 Å². The SMILES string of the molecule is O=C(c1ccccc1)N1CCN(C(=O)c2cnn3c2N[C@H](c2ccc(Br)cc2)C[C@H]3C(F)(F)F)CC1. The van der Waals surface area contributed by atoms with Crippen LogP contribution in [0.2, 0.25) is 0 Å². The Hall–Kier alpha value is -3.34. The minimum Gasteiger partial charge on any atom is -0.363 e. The summed E-state index contributed by atoms with van der Waals surface area (Å²) >= 11 is 3.34. The lowest BCUT2D eigenvalue weighted by Crippen LogP contribution is -2.50. The Morgan fingerprint density at radius 3 is 2.14 bits per heavy atom. The lowest BCUT2D eigenvalue weighted by Gasteiger charge is -2.36. The molecule has 5 rings (SSSR count). The van der Waals surface area contributed by atoms with Crippen LogP contribution >= 0.6 is 15.9 Å². The number of carbonyl (C=O) groups excluding carboxylic acids is 2. The fraction of sp³-hybridized carbons (Fsp3) is 0.320. The van der Waals surface area contributed by atoms with Crippen LogP contribution in [0.1, 0.15) is 44.8 Å². The predicted octanol–water partition coefficient (Wildman–Crippen LogP) is 4.90. The van der Waals surface area contributed by atoms with E-state index in [2.05, 4.69) is 26.3 Å². The number of nitrogens with one attached hydrogen (secondary N) is 1. The van der Waals surface area contributed by atoms with Crippen LogP contribution in [0.5, 0.6) is 0 Å². The molecule has 188 valence electrons. The summed E-state index contributed by atoms with van der Waals surface area (Å²) in [7, 11) is 0. The van der Waals surface area contributed by atoms with Crippen LogP contribution in [0.3, 0.4) is 0 Å². The van der Waals surface area contributed by atoms with Crippen molar-refractivity contribution in [2.45, 2.75) is 24.7 Å². The van der Waals surface area contributed by atoms with Gasteiger partial charge in [-0.2, -0.15) is 18.3 Å². The van der Waals surface area contributed by atoms with Gasteiger partial charge in [0, 0.05) is 42.6 Å². The summed E-state index contributed by atoms with van der Waals surface area (Å²) < 4.78 is 43.6. The molecule has 2 amide bonds. The average molecular weight is 562 g/mol. The van der Waals surface area contributed by atoms with Crippen molar-refractivity contribution in [2.75, 3.05) is 31.5 Å². The largest absolute Gasteiger partial charge is 0.410 e. The highest BCUT2D eigenvalue weighted by Gasteiger charge is 2.47. The third-order valence-corrected chi connectivity index (χ3v) is 7.14. The van der Waals surface area contributed by atoms with E-state index in [0.717, 1.165) is 9.15 Å². The van der Waals surface area contributed by atoms with E-state index in [1.807, 2.05) is 6.07 Å². The number of hydrogen-bond acceptors (Lipinski definition) is 4. The van der Waals surface area contributed by atoms with Crippen molar-refractivity contribution in [3.63, 3.8) is 0 Å². The van der Waals surface area contributed by atoms with Gasteiger partial charge in [-0.1, -0.05) is 46.3 Å². The van der Waals surface area contributed by atoms with Gasteiger partial charge in [-0.05, 0) is 29.8 Å². The fourth-order valence-electron chi connectivity index (χ4n) is 4.68. The molecule has 1 saturated heterocycles. The highest BCUT2D eigenvalue weighted by molar-refractivity contribution is 9.10. The van der Waals surface area contributed by atoms with E-state index in [1.165, 1.54) is 6.20 Å². The zero-order valence-electron chi connectivity index (χ0n) is 19.1. The van der Waals surface area contributed by atoms with Crippen LogP contribution in [-0.4, -0.2) is 63.7 Å². The van der Waals surface area contributed by atoms with E-state index in [4.69, 9.17) is 0 Å². The fourth-order valence-corrected chi connectivity index (χ4v) is 4.94. The van der Waals surface area contributed by atoms with Crippen LogP contribution in [0, 0.1) is 0 Å². The van der Waals surface area contributed by atoms with Crippen LogP contribution in [0.4, 0.5) is 19.0 Å². The number of nitrogens with zero attached hydrogens (tertiary/aromatic N) is 4. The normalized spacial score (nSPS) is 20.0.